The van der Waals surface area contributed by atoms with Gasteiger partial charge in [-0.3, -0.25) is 4.79 Å². The molecular formula is C22H34N2O3. The summed E-state index contributed by atoms with van der Waals surface area (Å²) < 4.78 is 11.5. The largest absolute Gasteiger partial charge is 0.494 e. The molecule has 1 N–H and O–H groups in total. The summed E-state index contributed by atoms with van der Waals surface area (Å²) in [7, 11) is 1.65. The first kappa shape index (κ1) is 20.2. The second kappa shape index (κ2) is 9.56. The highest BCUT2D eigenvalue weighted by Crippen LogP contribution is 2.35. The number of hydrogen-bond acceptors (Lipinski definition) is 4. The van der Waals surface area contributed by atoms with E-state index in [4.69, 9.17) is 9.47 Å². The molecule has 1 heterocycles. The van der Waals surface area contributed by atoms with Crippen LogP contribution < -0.4 is 10.1 Å². The van der Waals surface area contributed by atoms with E-state index in [1.165, 1.54) is 32.4 Å². The number of ether oxygens (including phenoxy) is 2. The second-order valence-electron chi connectivity index (χ2n) is 8.13. The van der Waals surface area contributed by atoms with E-state index in [1.54, 1.807) is 7.11 Å². The van der Waals surface area contributed by atoms with Crippen molar-refractivity contribution in [2.75, 3.05) is 38.7 Å². The van der Waals surface area contributed by atoms with Gasteiger partial charge in [-0.2, -0.15) is 0 Å². The van der Waals surface area contributed by atoms with Crippen LogP contribution in [0.1, 0.15) is 51.9 Å². The molecule has 0 bridgehead atoms. The summed E-state index contributed by atoms with van der Waals surface area (Å²) in [6.45, 7) is 6.50. The first-order valence-corrected chi connectivity index (χ1v) is 10.4. The summed E-state index contributed by atoms with van der Waals surface area (Å²) in [6, 6.07) is 7.66. The monoisotopic (exact) mass is 374 g/mol. The van der Waals surface area contributed by atoms with Crippen molar-refractivity contribution in [3.63, 3.8) is 0 Å². The van der Waals surface area contributed by atoms with Gasteiger partial charge in [-0.1, -0.05) is 13.3 Å². The van der Waals surface area contributed by atoms with Gasteiger partial charge in [0, 0.05) is 19.3 Å². The highest BCUT2D eigenvalue weighted by Gasteiger charge is 2.41. The standard InChI is InChI=1S/C22H34N2O3/c1-18-7-5-12-22(17-18,26-2)21(25)23-19-8-10-20(11-9-19)27-16-6-15-24-13-3-4-14-24/h8-11,18H,3-7,12-17H2,1-2H3,(H,23,25)/t18-,22-/m1/s1. The average molecular weight is 375 g/mol. The number of rotatable bonds is 8. The lowest BCUT2D eigenvalue weighted by atomic mass is 9.78. The number of carbonyl (C=O) groups excluding carboxylic acids is 1. The molecule has 0 unspecified atom stereocenters. The Labute approximate surface area is 163 Å². The van der Waals surface area contributed by atoms with Crippen LogP contribution in [-0.2, 0) is 9.53 Å². The Balaban J connectivity index is 1.45. The topological polar surface area (TPSA) is 50.8 Å². The van der Waals surface area contributed by atoms with Crippen LogP contribution >= 0.6 is 0 Å². The van der Waals surface area contributed by atoms with E-state index < -0.39 is 5.60 Å². The Kier molecular flexibility index (Phi) is 7.13. The van der Waals surface area contributed by atoms with E-state index in [0.29, 0.717) is 5.92 Å². The third-order valence-corrected chi connectivity index (χ3v) is 5.96. The van der Waals surface area contributed by atoms with Crippen LogP contribution in [0.3, 0.4) is 0 Å². The molecule has 0 spiro atoms. The van der Waals surface area contributed by atoms with Crippen LogP contribution in [0.2, 0.25) is 0 Å². The van der Waals surface area contributed by atoms with Crippen molar-refractivity contribution in [1.82, 2.24) is 4.90 Å². The van der Waals surface area contributed by atoms with Gasteiger partial charge >= 0.3 is 0 Å². The number of methoxy groups -OCH3 is 1. The van der Waals surface area contributed by atoms with E-state index in [9.17, 15) is 4.79 Å². The van der Waals surface area contributed by atoms with Crippen molar-refractivity contribution in [2.24, 2.45) is 5.92 Å². The molecule has 1 saturated heterocycles. The minimum absolute atomic E-state index is 0.0316. The molecule has 1 aliphatic heterocycles. The van der Waals surface area contributed by atoms with Crippen LogP contribution in [0.15, 0.2) is 24.3 Å². The van der Waals surface area contributed by atoms with Crippen LogP contribution in [0, 0.1) is 5.92 Å². The Morgan fingerprint density at radius 3 is 2.63 bits per heavy atom. The Morgan fingerprint density at radius 1 is 1.22 bits per heavy atom. The number of carbonyl (C=O) groups is 1. The zero-order chi connectivity index (χ0) is 19.1. The van der Waals surface area contributed by atoms with Crippen molar-refractivity contribution in [3.8, 4) is 5.75 Å². The fraction of sp³-hybridized carbons (Fsp3) is 0.682. The number of nitrogens with one attached hydrogen (secondary N) is 1. The van der Waals surface area contributed by atoms with E-state index in [0.717, 1.165) is 50.3 Å². The maximum atomic E-state index is 12.8. The van der Waals surface area contributed by atoms with E-state index >= 15 is 0 Å². The van der Waals surface area contributed by atoms with Crippen molar-refractivity contribution in [3.05, 3.63) is 24.3 Å². The van der Waals surface area contributed by atoms with Crippen molar-refractivity contribution in [1.29, 1.82) is 0 Å². The van der Waals surface area contributed by atoms with E-state index in [2.05, 4.69) is 17.1 Å². The van der Waals surface area contributed by atoms with E-state index in [-0.39, 0.29) is 5.91 Å². The molecule has 5 nitrogen and oxygen atoms in total. The van der Waals surface area contributed by atoms with Gasteiger partial charge in [-0.05, 0) is 81.8 Å². The van der Waals surface area contributed by atoms with Gasteiger partial charge in [-0.25, -0.2) is 0 Å². The number of anilines is 1. The summed E-state index contributed by atoms with van der Waals surface area (Å²) >= 11 is 0. The summed E-state index contributed by atoms with van der Waals surface area (Å²) in [4.78, 5) is 15.3. The summed E-state index contributed by atoms with van der Waals surface area (Å²) in [5, 5.41) is 3.03. The van der Waals surface area contributed by atoms with Gasteiger partial charge in [-0.15, -0.1) is 0 Å². The van der Waals surface area contributed by atoms with Gasteiger partial charge in [0.1, 0.15) is 11.4 Å². The molecule has 1 aromatic carbocycles. The zero-order valence-corrected chi connectivity index (χ0v) is 16.8. The smallest absolute Gasteiger partial charge is 0.256 e. The van der Waals surface area contributed by atoms with Crippen molar-refractivity contribution in [2.45, 2.75) is 57.5 Å². The lowest BCUT2D eigenvalue weighted by Crippen LogP contribution is -2.47. The number of hydrogen-bond donors (Lipinski definition) is 1. The number of benzene rings is 1. The molecule has 2 aliphatic rings. The predicted molar refractivity (Wildman–Crippen MR) is 108 cm³/mol. The van der Waals surface area contributed by atoms with Gasteiger partial charge in [0.2, 0.25) is 0 Å². The number of likely N-dealkylation sites (tertiary alicyclic amines) is 1. The fourth-order valence-electron chi connectivity index (χ4n) is 4.35. The number of amides is 1. The van der Waals surface area contributed by atoms with Crippen LogP contribution in [0.5, 0.6) is 5.75 Å². The molecule has 2 fully saturated rings. The Hall–Kier alpha value is -1.59. The first-order valence-electron chi connectivity index (χ1n) is 10.4. The minimum atomic E-state index is -0.692. The molecular weight excluding hydrogens is 340 g/mol. The molecule has 150 valence electrons. The highest BCUT2D eigenvalue weighted by molar-refractivity contribution is 5.97. The van der Waals surface area contributed by atoms with Crippen LogP contribution in [0.25, 0.3) is 0 Å². The lowest BCUT2D eigenvalue weighted by molar-refractivity contribution is -0.143. The third kappa shape index (κ3) is 5.45. The summed E-state index contributed by atoms with van der Waals surface area (Å²) in [5.74, 6) is 1.33. The predicted octanol–water partition coefficient (Wildman–Crippen LogP) is 4.09. The Bertz CT molecular complexity index is 598. The van der Waals surface area contributed by atoms with Gasteiger partial charge in [0.05, 0.1) is 6.61 Å². The Morgan fingerprint density at radius 2 is 1.96 bits per heavy atom. The molecule has 27 heavy (non-hydrogen) atoms. The highest BCUT2D eigenvalue weighted by atomic mass is 16.5. The minimum Gasteiger partial charge on any atom is -0.494 e. The quantitative estimate of drug-likeness (QED) is 0.697. The fourth-order valence-corrected chi connectivity index (χ4v) is 4.35. The van der Waals surface area contributed by atoms with Gasteiger partial charge < -0.3 is 19.7 Å². The molecule has 3 rings (SSSR count). The second-order valence-corrected chi connectivity index (χ2v) is 8.13. The zero-order valence-electron chi connectivity index (χ0n) is 16.8. The molecule has 0 aromatic heterocycles. The number of nitrogens with zero attached hydrogens (tertiary/aromatic N) is 1. The molecule has 5 heteroatoms. The molecule has 1 amide bonds. The normalized spacial score (nSPS) is 26.1. The summed E-state index contributed by atoms with van der Waals surface area (Å²) in [6.07, 6.45) is 7.49. The van der Waals surface area contributed by atoms with Gasteiger partial charge in [0.15, 0.2) is 0 Å². The summed E-state index contributed by atoms with van der Waals surface area (Å²) in [5.41, 5.74) is 0.0988. The van der Waals surface area contributed by atoms with Crippen LogP contribution in [-0.4, -0.2) is 49.8 Å². The van der Waals surface area contributed by atoms with Crippen molar-refractivity contribution >= 4 is 11.6 Å². The lowest BCUT2D eigenvalue weighted by Gasteiger charge is -2.37. The average Bonchev–Trinajstić information content (AvgIpc) is 3.20. The van der Waals surface area contributed by atoms with Gasteiger partial charge in [0.25, 0.3) is 5.91 Å². The first-order chi connectivity index (χ1) is 13.1. The SMILES string of the molecule is CO[C@]1(C(=O)Nc2ccc(OCCCN3CCCC3)cc2)CCC[C@@H](C)C1. The molecule has 2 atom stereocenters. The maximum absolute atomic E-state index is 12.8. The third-order valence-electron chi connectivity index (χ3n) is 5.96. The van der Waals surface area contributed by atoms with Crippen LogP contribution in [0.4, 0.5) is 5.69 Å². The molecule has 1 aromatic rings. The molecule has 1 aliphatic carbocycles. The maximum Gasteiger partial charge on any atom is 0.256 e. The molecule has 0 radical (unpaired) electrons. The van der Waals surface area contributed by atoms with Crippen molar-refractivity contribution < 1.29 is 14.3 Å². The molecule has 1 saturated carbocycles. The van der Waals surface area contributed by atoms with E-state index in [1.807, 2.05) is 24.3 Å².